The Kier molecular flexibility index (Phi) is 3.59. The van der Waals surface area contributed by atoms with Crippen molar-refractivity contribution in [2.75, 3.05) is 5.32 Å². The summed E-state index contributed by atoms with van der Waals surface area (Å²) in [5, 5.41) is 6.44. The molecule has 0 atom stereocenters. The van der Waals surface area contributed by atoms with Crippen molar-refractivity contribution in [3.63, 3.8) is 0 Å². The first-order chi connectivity index (χ1) is 9.01. The molecule has 19 heavy (non-hydrogen) atoms. The number of hydrogen-bond acceptors (Lipinski definition) is 2. The SMILES string of the molecule is CCn1nc(C(=O)Nc2ccc(F)cc2F)cc1C. The number of aromatic nitrogens is 2. The van der Waals surface area contributed by atoms with Crippen LogP contribution in [0.15, 0.2) is 24.3 Å². The highest BCUT2D eigenvalue weighted by molar-refractivity contribution is 6.02. The summed E-state index contributed by atoms with van der Waals surface area (Å²) in [6.45, 7) is 4.37. The van der Waals surface area contributed by atoms with E-state index in [1.165, 1.54) is 6.07 Å². The standard InChI is InChI=1S/C13H13F2N3O/c1-3-18-8(2)6-12(17-18)13(19)16-11-5-4-9(14)7-10(11)15/h4-7H,3H2,1-2H3,(H,16,19). The maximum absolute atomic E-state index is 13.4. The Morgan fingerprint density at radius 3 is 2.68 bits per heavy atom. The fourth-order valence-corrected chi connectivity index (χ4v) is 1.72. The summed E-state index contributed by atoms with van der Waals surface area (Å²) < 4.78 is 27.8. The van der Waals surface area contributed by atoms with Crippen molar-refractivity contribution in [1.82, 2.24) is 9.78 Å². The van der Waals surface area contributed by atoms with Crippen LogP contribution in [0, 0.1) is 18.6 Å². The van der Waals surface area contributed by atoms with Gasteiger partial charge < -0.3 is 5.32 Å². The minimum atomic E-state index is -0.819. The number of nitrogens with zero attached hydrogens (tertiary/aromatic N) is 2. The lowest BCUT2D eigenvalue weighted by atomic mass is 10.2. The van der Waals surface area contributed by atoms with Gasteiger partial charge in [-0.15, -0.1) is 0 Å². The summed E-state index contributed by atoms with van der Waals surface area (Å²) in [6, 6.07) is 4.58. The number of halogens is 2. The van der Waals surface area contributed by atoms with Gasteiger partial charge in [0.05, 0.1) is 5.69 Å². The number of amides is 1. The summed E-state index contributed by atoms with van der Waals surface area (Å²) in [5.41, 5.74) is 0.963. The highest BCUT2D eigenvalue weighted by Crippen LogP contribution is 2.16. The monoisotopic (exact) mass is 265 g/mol. The van der Waals surface area contributed by atoms with Crippen LogP contribution in [0.3, 0.4) is 0 Å². The third kappa shape index (κ3) is 2.78. The first-order valence-electron chi connectivity index (χ1n) is 5.82. The number of aryl methyl sites for hydroxylation is 2. The number of anilines is 1. The van der Waals surface area contributed by atoms with E-state index < -0.39 is 17.5 Å². The molecule has 100 valence electrons. The van der Waals surface area contributed by atoms with E-state index in [4.69, 9.17) is 0 Å². The summed E-state index contributed by atoms with van der Waals surface area (Å²) in [7, 11) is 0. The van der Waals surface area contributed by atoms with Crippen molar-refractivity contribution in [1.29, 1.82) is 0 Å². The molecule has 2 rings (SSSR count). The summed E-state index contributed by atoms with van der Waals surface area (Å²) >= 11 is 0. The third-order valence-corrected chi connectivity index (χ3v) is 2.69. The summed E-state index contributed by atoms with van der Waals surface area (Å²) in [5.74, 6) is -2.04. The highest BCUT2D eigenvalue weighted by Gasteiger charge is 2.14. The van der Waals surface area contributed by atoms with E-state index in [1.54, 1.807) is 10.7 Å². The molecule has 0 saturated heterocycles. The Bertz CT molecular complexity index is 622. The van der Waals surface area contributed by atoms with Gasteiger partial charge in [-0.2, -0.15) is 5.10 Å². The molecule has 1 aromatic carbocycles. The van der Waals surface area contributed by atoms with Crippen LogP contribution in [0.1, 0.15) is 23.1 Å². The highest BCUT2D eigenvalue weighted by atomic mass is 19.1. The molecular weight excluding hydrogens is 252 g/mol. The Hall–Kier alpha value is -2.24. The quantitative estimate of drug-likeness (QED) is 0.927. The largest absolute Gasteiger partial charge is 0.318 e. The molecule has 6 heteroatoms. The van der Waals surface area contributed by atoms with Crippen LogP contribution in [0.25, 0.3) is 0 Å². The summed E-state index contributed by atoms with van der Waals surface area (Å²) in [6.07, 6.45) is 0. The van der Waals surface area contributed by atoms with Gasteiger partial charge in [-0.1, -0.05) is 0 Å². The van der Waals surface area contributed by atoms with Crippen LogP contribution < -0.4 is 5.32 Å². The van der Waals surface area contributed by atoms with Crippen LogP contribution in [0.2, 0.25) is 0 Å². The molecule has 0 saturated carbocycles. The van der Waals surface area contributed by atoms with E-state index in [-0.39, 0.29) is 11.4 Å². The van der Waals surface area contributed by atoms with Crippen LogP contribution >= 0.6 is 0 Å². The van der Waals surface area contributed by atoms with Crippen LogP contribution in [0.4, 0.5) is 14.5 Å². The maximum Gasteiger partial charge on any atom is 0.276 e. The lowest BCUT2D eigenvalue weighted by molar-refractivity contribution is 0.102. The lowest BCUT2D eigenvalue weighted by Gasteiger charge is -2.04. The van der Waals surface area contributed by atoms with Gasteiger partial charge in [-0.25, -0.2) is 8.78 Å². The predicted molar refractivity (Wildman–Crippen MR) is 66.9 cm³/mol. The van der Waals surface area contributed by atoms with Crippen molar-refractivity contribution >= 4 is 11.6 Å². The van der Waals surface area contributed by atoms with E-state index in [1.807, 2.05) is 13.8 Å². The number of nitrogens with one attached hydrogen (secondary N) is 1. The number of benzene rings is 1. The fourth-order valence-electron chi connectivity index (χ4n) is 1.72. The van der Waals surface area contributed by atoms with Gasteiger partial charge in [0, 0.05) is 18.3 Å². The second-order valence-electron chi connectivity index (χ2n) is 4.07. The van der Waals surface area contributed by atoms with Gasteiger partial charge in [-0.05, 0) is 32.0 Å². The predicted octanol–water partition coefficient (Wildman–Crippen LogP) is 2.74. The van der Waals surface area contributed by atoms with Gasteiger partial charge >= 0.3 is 0 Å². The van der Waals surface area contributed by atoms with Crippen molar-refractivity contribution in [2.45, 2.75) is 20.4 Å². The molecule has 2 aromatic rings. The molecule has 0 spiro atoms. The second kappa shape index (κ2) is 5.17. The molecule has 1 N–H and O–H groups in total. The van der Waals surface area contributed by atoms with Crippen LogP contribution in [0.5, 0.6) is 0 Å². The number of hydrogen-bond donors (Lipinski definition) is 1. The van der Waals surface area contributed by atoms with Crippen LogP contribution in [-0.2, 0) is 6.54 Å². The molecule has 0 aliphatic rings. The molecule has 0 fully saturated rings. The Balaban J connectivity index is 2.20. The molecular formula is C13H13F2N3O. The molecule has 1 aromatic heterocycles. The van der Waals surface area contributed by atoms with Crippen molar-refractivity contribution in [3.05, 3.63) is 47.3 Å². The maximum atomic E-state index is 13.4. The smallest absolute Gasteiger partial charge is 0.276 e. The molecule has 1 heterocycles. The van der Waals surface area contributed by atoms with Crippen LogP contribution in [-0.4, -0.2) is 15.7 Å². The molecule has 1 amide bonds. The number of rotatable bonds is 3. The zero-order valence-electron chi connectivity index (χ0n) is 10.6. The van der Waals surface area contributed by atoms with Gasteiger partial charge in [-0.3, -0.25) is 9.48 Å². The van der Waals surface area contributed by atoms with E-state index in [0.717, 1.165) is 11.8 Å². The van der Waals surface area contributed by atoms with Gasteiger partial charge in [0.15, 0.2) is 5.69 Å². The minimum Gasteiger partial charge on any atom is -0.318 e. The molecule has 0 aliphatic heterocycles. The van der Waals surface area contributed by atoms with Crippen molar-refractivity contribution < 1.29 is 13.6 Å². The topological polar surface area (TPSA) is 46.9 Å². The number of carbonyl (C=O) groups excluding carboxylic acids is 1. The first-order valence-corrected chi connectivity index (χ1v) is 5.82. The normalized spacial score (nSPS) is 10.5. The molecule has 0 bridgehead atoms. The Morgan fingerprint density at radius 1 is 1.37 bits per heavy atom. The van der Waals surface area contributed by atoms with E-state index in [2.05, 4.69) is 10.4 Å². The van der Waals surface area contributed by atoms with Gasteiger partial charge in [0.2, 0.25) is 0 Å². The van der Waals surface area contributed by atoms with Gasteiger partial charge in [0.25, 0.3) is 5.91 Å². The molecule has 0 radical (unpaired) electrons. The molecule has 0 aliphatic carbocycles. The Labute approximate surface area is 109 Å². The van der Waals surface area contributed by atoms with Gasteiger partial charge in [0.1, 0.15) is 11.6 Å². The van der Waals surface area contributed by atoms with E-state index in [9.17, 15) is 13.6 Å². The zero-order valence-corrected chi connectivity index (χ0v) is 10.6. The Morgan fingerprint density at radius 2 is 2.11 bits per heavy atom. The third-order valence-electron chi connectivity index (χ3n) is 2.69. The molecule has 4 nitrogen and oxygen atoms in total. The number of carbonyl (C=O) groups is 1. The van der Waals surface area contributed by atoms with Crippen molar-refractivity contribution in [3.8, 4) is 0 Å². The average molecular weight is 265 g/mol. The lowest BCUT2D eigenvalue weighted by Crippen LogP contribution is -2.14. The average Bonchev–Trinajstić information content (AvgIpc) is 2.74. The first kappa shape index (κ1) is 13.2. The zero-order chi connectivity index (χ0) is 14.0. The van der Waals surface area contributed by atoms with E-state index in [0.29, 0.717) is 12.6 Å². The summed E-state index contributed by atoms with van der Waals surface area (Å²) in [4.78, 5) is 11.9. The van der Waals surface area contributed by atoms with Crippen molar-refractivity contribution in [2.24, 2.45) is 0 Å². The second-order valence-corrected chi connectivity index (χ2v) is 4.07. The minimum absolute atomic E-state index is 0.0740. The molecule has 0 unspecified atom stereocenters. The fraction of sp³-hybridized carbons (Fsp3) is 0.231. The van der Waals surface area contributed by atoms with E-state index >= 15 is 0 Å².